The minimum absolute atomic E-state index is 0.0646. The van der Waals surface area contributed by atoms with Crippen LogP contribution in [0.5, 0.6) is 5.75 Å². The summed E-state index contributed by atoms with van der Waals surface area (Å²) in [5.41, 5.74) is 2.71. The first kappa shape index (κ1) is 20.7. The molecular weight excluding hydrogens is 440 g/mol. The molecule has 6 nitrogen and oxygen atoms in total. The minimum Gasteiger partial charge on any atom is -0.497 e. The number of fused-ring (bicyclic) bond motifs is 2. The number of pyridine rings is 1. The number of methoxy groups -OCH3 is 1. The largest absolute Gasteiger partial charge is 0.497 e. The third-order valence-corrected chi connectivity index (χ3v) is 7.65. The molecule has 0 spiro atoms. The number of amides is 1. The maximum absolute atomic E-state index is 13.4. The van der Waals surface area contributed by atoms with Crippen LogP contribution in [-0.2, 0) is 4.79 Å². The number of rotatable bonds is 4. The third kappa shape index (κ3) is 3.55. The number of amidine groups is 1. The molecule has 5 rings (SSSR count). The molecule has 0 saturated carbocycles. The molecule has 0 unspecified atom stereocenters. The highest BCUT2D eigenvalue weighted by Gasteiger charge is 2.38. The van der Waals surface area contributed by atoms with E-state index in [1.54, 1.807) is 36.0 Å². The van der Waals surface area contributed by atoms with Crippen LogP contribution in [0.2, 0.25) is 0 Å². The van der Waals surface area contributed by atoms with E-state index in [-0.39, 0.29) is 5.91 Å². The second kappa shape index (κ2) is 8.37. The second-order valence-corrected chi connectivity index (χ2v) is 9.22. The van der Waals surface area contributed by atoms with Crippen molar-refractivity contribution in [2.75, 3.05) is 25.6 Å². The number of aliphatic imine (C=N–C) groups is 1. The highest BCUT2D eigenvalue weighted by molar-refractivity contribution is 8.19. The highest BCUT2D eigenvalue weighted by Crippen LogP contribution is 2.51. The Morgan fingerprint density at radius 2 is 2.06 bits per heavy atom. The number of aromatic nitrogens is 1. The SMILES string of the molecule is C=CCN1C(=O)C(=C2Sc3ccc(OC)cc3N2C)SC1=Nc1ccc2ncccc2c1. The fourth-order valence-electron chi connectivity index (χ4n) is 3.60. The summed E-state index contributed by atoms with van der Waals surface area (Å²) in [6.07, 6.45) is 3.49. The van der Waals surface area contributed by atoms with E-state index in [1.165, 1.54) is 11.8 Å². The van der Waals surface area contributed by atoms with Crippen molar-refractivity contribution in [2.45, 2.75) is 4.90 Å². The second-order valence-electron chi connectivity index (χ2n) is 7.21. The number of benzene rings is 2. The zero-order chi connectivity index (χ0) is 22.2. The van der Waals surface area contributed by atoms with E-state index in [2.05, 4.69) is 11.6 Å². The van der Waals surface area contributed by atoms with E-state index >= 15 is 0 Å². The quantitative estimate of drug-likeness (QED) is 0.384. The van der Waals surface area contributed by atoms with Gasteiger partial charge in [-0.05, 0) is 48.2 Å². The molecule has 1 saturated heterocycles. The summed E-state index contributed by atoms with van der Waals surface area (Å²) in [4.78, 5) is 28.0. The normalized spacial score (nSPS) is 19.2. The summed E-state index contributed by atoms with van der Waals surface area (Å²) in [6.45, 7) is 4.21. The Hall–Kier alpha value is -3.23. The molecule has 160 valence electrons. The summed E-state index contributed by atoms with van der Waals surface area (Å²) in [6, 6.07) is 15.7. The lowest BCUT2D eigenvalue weighted by Gasteiger charge is -2.15. The van der Waals surface area contributed by atoms with Gasteiger partial charge in [-0.2, -0.15) is 0 Å². The van der Waals surface area contributed by atoms with Gasteiger partial charge < -0.3 is 9.64 Å². The Balaban J connectivity index is 1.53. The molecule has 0 atom stereocenters. The molecule has 0 radical (unpaired) electrons. The molecule has 0 bridgehead atoms. The van der Waals surface area contributed by atoms with E-state index < -0.39 is 0 Å². The number of anilines is 1. The predicted octanol–water partition coefficient (Wildman–Crippen LogP) is 5.40. The number of hydrogen-bond acceptors (Lipinski definition) is 7. The van der Waals surface area contributed by atoms with E-state index in [0.29, 0.717) is 16.6 Å². The summed E-state index contributed by atoms with van der Waals surface area (Å²) in [5.74, 6) is 0.722. The molecule has 8 heteroatoms. The number of thioether (sulfide) groups is 2. The van der Waals surface area contributed by atoms with Crippen LogP contribution >= 0.6 is 23.5 Å². The predicted molar refractivity (Wildman–Crippen MR) is 133 cm³/mol. The zero-order valence-electron chi connectivity index (χ0n) is 17.6. The first-order valence-corrected chi connectivity index (χ1v) is 11.6. The van der Waals surface area contributed by atoms with Gasteiger partial charge in [0.1, 0.15) is 10.7 Å². The number of nitrogens with zero attached hydrogens (tertiary/aromatic N) is 4. The molecule has 32 heavy (non-hydrogen) atoms. The van der Waals surface area contributed by atoms with Crippen molar-refractivity contribution >= 4 is 56.9 Å². The Morgan fingerprint density at radius 1 is 1.19 bits per heavy atom. The molecule has 1 aromatic heterocycles. The smallest absolute Gasteiger partial charge is 0.269 e. The molecule has 2 aromatic carbocycles. The van der Waals surface area contributed by atoms with Crippen molar-refractivity contribution in [3.8, 4) is 5.75 Å². The maximum atomic E-state index is 13.4. The summed E-state index contributed by atoms with van der Waals surface area (Å²) in [7, 11) is 3.62. The van der Waals surface area contributed by atoms with E-state index in [1.807, 2.05) is 60.5 Å². The van der Waals surface area contributed by atoms with Crippen LogP contribution in [0.1, 0.15) is 0 Å². The lowest BCUT2D eigenvalue weighted by molar-refractivity contribution is -0.121. The lowest BCUT2D eigenvalue weighted by Crippen LogP contribution is -2.29. The molecule has 2 aliphatic rings. The van der Waals surface area contributed by atoms with Gasteiger partial charge in [0.2, 0.25) is 0 Å². The molecule has 3 heterocycles. The van der Waals surface area contributed by atoms with Crippen molar-refractivity contribution < 1.29 is 9.53 Å². The van der Waals surface area contributed by atoms with E-state index in [0.717, 1.165) is 38.0 Å². The van der Waals surface area contributed by atoms with Gasteiger partial charge in [-0.25, -0.2) is 4.99 Å². The highest BCUT2D eigenvalue weighted by atomic mass is 32.2. The van der Waals surface area contributed by atoms with Gasteiger partial charge >= 0.3 is 0 Å². The maximum Gasteiger partial charge on any atom is 0.269 e. The zero-order valence-corrected chi connectivity index (χ0v) is 19.2. The van der Waals surface area contributed by atoms with Crippen LogP contribution in [0, 0.1) is 0 Å². The summed E-state index contributed by atoms with van der Waals surface area (Å²) >= 11 is 2.98. The van der Waals surface area contributed by atoms with Gasteiger partial charge in [-0.15, -0.1) is 6.58 Å². The fraction of sp³-hybridized carbons (Fsp3) is 0.125. The van der Waals surface area contributed by atoms with E-state index in [9.17, 15) is 4.79 Å². The molecule has 1 fully saturated rings. The van der Waals surface area contributed by atoms with Crippen molar-refractivity contribution in [1.82, 2.24) is 9.88 Å². The Labute approximate surface area is 194 Å². The lowest BCUT2D eigenvalue weighted by atomic mass is 10.2. The third-order valence-electron chi connectivity index (χ3n) is 5.22. The van der Waals surface area contributed by atoms with Crippen LogP contribution in [-0.4, -0.2) is 41.7 Å². The van der Waals surface area contributed by atoms with Crippen molar-refractivity contribution in [1.29, 1.82) is 0 Å². The van der Waals surface area contributed by atoms with Gasteiger partial charge in [0, 0.05) is 36.1 Å². The summed E-state index contributed by atoms with van der Waals surface area (Å²) < 4.78 is 5.37. The molecular formula is C24H20N4O2S2. The number of carbonyl (C=O) groups is 1. The van der Waals surface area contributed by atoms with Crippen LogP contribution in [0.4, 0.5) is 11.4 Å². The minimum atomic E-state index is -0.0646. The Morgan fingerprint density at radius 3 is 2.88 bits per heavy atom. The van der Waals surface area contributed by atoms with Gasteiger partial charge in [-0.3, -0.25) is 14.7 Å². The molecule has 3 aromatic rings. The Bertz CT molecular complexity index is 1320. The molecule has 1 amide bonds. The Kier molecular flexibility index (Phi) is 5.40. The molecule has 0 aliphatic carbocycles. The molecule has 2 aliphatic heterocycles. The van der Waals surface area contributed by atoms with Gasteiger partial charge in [-0.1, -0.05) is 23.9 Å². The number of carbonyl (C=O) groups excluding carboxylic acids is 1. The molecule has 0 N–H and O–H groups in total. The van der Waals surface area contributed by atoms with Crippen LogP contribution < -0.4 is 9.64 Å². The summed E-state index contributed by atoms with van der Waals surface area (Å²) in [5, 5.41) is 2.54. The monoisotopic (exact) mass is 460 g/mol. The average Bonchev–Trinajstić information content (AvgIpc) is 3.30. The first-order chi connectivity index (χ1) is 15.6. The van der Waals surface area contributed by atoms with Crippen LogP contribution in [0.25, 0.3) is 10.9 Å². The van der Waals surface area contributed by atoms with Crippen LogP contribution in [0.3, 0.4) is 0 Å². The van der Waals surface area contributed by atoms with Crippen molar-refractivity contribution in [2.24, 2.45) is 4.99 Å². The van der Waals surface area contributed by atoms with Gasteiger partial charge in [0.25, 0.3) is 5.91 Å². The van der Waals surface area contributed by atoms with Crippen molar-refractivity contribution in [3.63, 3.8) is 0 Å². The topological polar surface area (TPSA) is 58.0 Å². The van der Waals surface area contributed by atoms with Gasteiger partial charge in [0.15, 0.2) is 5.17 Å². The van der Waals surface area contributed by atoms with E-state index in [4.69, 9.17) is 9.73 Å². The van der Waals surface area contributed by atoms with Crippen molar-refractivity contribution in [3.05, 3.63) is 77.3 Å². The first-order valence-electron chi connectivity index (χ1n) is 9.97. The average molecular weight is 461 g/mol. The van der Waals surface area contributed by atoms with Crippen LogP contribution in [0.15, 0.2) is 87.2 Å². The number of ether oxygens (including phenoxy) is 1. The number of hydrogen-bond donors (Lipinski definition) is 0. The fourth-order valence-corrected chi connectivity index (χ4v) is 5.94. The van der Waals surface area contributed by atoms with Gasteiger partial charge in [0.05, 0.1) is 29.0 Å². The standard InChI is InChI=1S/C24H20N4O2S2/c1-4-12-28-22(29)21(23-27(2)19-14-17(30-3)8-10-20(19)31-23)32-24(28)26-16-7-9-18-15(13-16)6-5-11-25-18/h4-11,13-14H,1,12H2,2-3H3.